The molecule has 0 aromatic heterocycles. The van der Waals surface area contributed by atoms with E-state index in [1.165, 1.54) is 0 Å². The molecule has 1 aromatic carbocycles. The molecule has 0 saturated carbocycles. The summed E-state index contributed by atoms with van der Waals surface area (Å²) in [6.07, 6.45) is 4.77. The van der Waals surface area contributed by atoms with Crippen molar-refractivity contribution in [3.05, 3.63) is 43.0 Å². The fourth-order valence-corrected chi connectivity index (χ4v) is 1.83. The lowest BCUT2D eigenvalue weighted by Crippen LogP contribution is -2.23. The fraction of sp³-hybridized carbons (Fsp3) is 0.467. The first-order valence-corrected chi connectivity index (χ1v) is 6.27. The fourth-order valence-electron chi connectivity index (χ4n) is 1.83. The molecule has 0 saturated heterocycles. The summed E-state index contributed by atoms with van der Waals surface area (Å²) in [5, 5.41) is 9.77. The van der Waals surface area contributed by atoms with Gasteiger partial charge in [-0.25, -0.2) is 0 Å². The third kappa shape index (κ3) is 5.55. The molecule has 2 nitrogen and oxygen atoms in total. The lowest BCUT2D eigenvalue weighted by atomic mass is 10.1. The summed E-state index contributed by atoms with van der Waals surface area (Å²) >= 11 is 0. The van der Waals surface area contributed by atoms with Gasteiger partial charge < -0.3 is 9.84 Å². The number of ether oxygens (including phenoxy) is 1. The van der Waals surface area contributed by atoms with Crippen molar-refractivity contribution in [1.29, 1.82) is 0 Å². The molecule has 2 heteroatoms. The van der Waals surface area contributed by atoms with Crippen LogP contribution in [0.25, 0.3) is 0 Å². The molecule has 1 unspecified atom stereocenters. The van der Waals surface area contributed by atoms with Crippen LogP contribution in [-0.2, 0) is 0 Å². The minimum Gasteiger partial charge on any atom is -0.490 e. The highest BCUT2D eigenvalue weighted by Gasteiger charge is 2.14. The topological polar surface area (TPSA) is 29.5 Å². The van der Waals surface area contributed by atoms with Crippen molar-refractivity contribution in [1.82, 2.24) is 0 Å². The zero-order valence-corrected chi connectivity index (χ0v) is 10.5. The van der Waals surface area contributed by atoms with Crippen LogP contribution in [0.4, 0.5) is 0 Å². The molecule has 2 atom stereocenters. The number of aliphatic hydroxyl groups is 1. The quantitative estimate of drug-likeness (QED) is 0.697. The Balaban J connectivity index is 2.50. The van der Waals surface area contributed by atoms with Gasteiger partial charge in [0.15, 0.2) is 0 Å². The van der Waals surface area contributed by atoms with E-state index in [4.69, 9.17) is 4.74 Å². The highest BCUT2D eigenvalue weighted by atomic mass is 16.5. The number of hydrogen-bond donors (Lipinski definition) is 1. The summed E-state index contributed by atoms with van der Waals surface area (Å²) in [6.45, 7) is 5.76. The van der Waals surface area contributed by atoms with E-state index in [-0.39, 0.29) is 12.2 Å². The maximum atomic E-state index is 9.77. The van der Waals surface area contributed by atoms with Gasteiger partial charge in [-0.2, -0.15) is 0 Å². The second-order valence-corrected chi connectivity index (χ2v) is 4.26. The second kappa shape index (κ2) is 7.91. The lowest BCUT2D eigenvalue weighted by Gasteiger charge is -2.21. The predicted molar refractivity (Wildman–Crippen MR) is 71.2 cm³/mol. The van der Waals surface area contributed by atoms with Gasteiger partial charge in [0.05, 0.1) is 6.10 Å². The normalized spacial score (nSPS) is 14.0. The van der Waals surface area contributed by atoms with E-state index < -0.39 is 0 Å². The van der Waals surface area contributed by atoms with Gasteiger partial charge in [-0.1, -0.05) is 37.6 Å². The first-order valence-electron chi connectivity index (χ1n) is 6.27. The summed E-state index contributed by atoms with van der Waals surface area (Å²) in [5.41, 5.74) is 0. The van der Waals surface area contributed by atoms with Crippen LogP contribution in [0.5, 0.6) is 5.75 Å². The van der Waals surface area contributed by atoms with Crippen LogP contribution in [0.2, 0.25) is 0 Å². The first-order chi connectivity index (χ1) is 8.26. The van der Waals surface area contributed by atoms with Crippen LogP contribution in [0.3, 0.4) is 0 Å². The van der Waals surface area contributed by atoms with Gasteiger partial charge in [0.2, 0.25) is 0 Å². The Labute approximate surface area is 104 Å². The Morgan fingerprint density at radius 3 is 2.65 bits per heavy atom. The van der Waals surface area contributed by atoms with Crippen LogP contribution in [0, 0.1) is 0 Å². The smallest absolute Gasteiger partial charge is 0.119 e. The predicted octanol–water partition coefficient (Wildman–Crippen LogP) is 3.56. The molecule has 0 aliphatic rings. The average molecular weight is 234 g/mol. The summed E-state index contributed by atoms with van der Waals surface area (Å²) < 4.78 is 5.88. The van der Waals surface area contributed by atoms with Gasteiger partial charge in [-0.15, -0.1) is 6.58 Å². The van der Waals surface area contributed by atoms with Gasteiger partial charge in [0, 0.05) is 6.42 Å². The molecule has 1 aromatic rings. The largest absolute Gasteiger partial charge is 0.490 e. The number of para-hydroxylation sites is 1. The molecule has 0 aliphatic carbocycles. The molecule has 0 radical (unpaired) electrons. The van der Waals surface area contributed by atoms with E-state index in [0.717, 1.165) is 18.6 Å². The Bertz CT molecular complexity index is 308. The van der Waals surface area contributed by atoms with Crippen molar-refractivity contribution < 1.29 is 9.84 Å². The maximum Gasteiger partial charge on any atom is 0.119 e. The lowest BCUT2D eigenvalue weighted by molar-refractivity contribution is 0.0911. The van der Waals surface area contributed by atoms with Crippen molar-refractivity contribution >= 4 is 0 Å². The van der Waals surface area contributed by atoms with E-state index in [2.05, 4.69) is 13.5 Å². The Morgan fingerprint density at radius 1 is 1.35 bits per heavy atom. The van der Waals surface area contributed by atoms with Crippen LogP contribution < -0.4 is 4.74 Å². The molecule has 0 amide bonds. The molecule has 0 aliphatic heterocycles. The minimum absolute atomic E-state index is 0.0809. The van der Waals surface area contributed by atoms with E-state index in [9.17, 15) is 5.11 Å². The highest BCUT2D eigenvalue weighted by Crippen LogP contribution is 2.17. The molecular formula is C15H22O2. The number of rotatable bonds is 8. The van der Waals surface area contributed by atoms with Gasteiger partial charge >= 0.3 is 0 Å². The molecule has 0 fully saturated rings. The molecule has 17 heavy (non-hydrogen) atoms. The molecule has 1 N–H and O–H groups in total. The van der Waals surface area contributed by atoms with Crippen molar-refractivity contribution in [3.8, 4) is 5.75 Å². The SMILES string of the molecule is C=CC[C@H](O)CC(CCC)Oc1ccccc1. The summed E-state index contributed by atoms with van der Waals surface area (Å²) in [6, 6.07) is 9.77. The molecule has 0 spiro atoms. The van der Waals surface area contributed by atoms with Crippen LogP contribution in [-0.4, -0.2) is 17.3 Å². The van der Waals surface area contributed by atoms with Gasteiger partial charge in [-0.05, 0) is 25.0 Å². The van der Waals surface area contributed by atoms with Crippen LogP contribution >= 0.6 is 0 Å². The van der Waals surface area contributed by atoms with E-state index in [1.807, 2.05) is 30.3 Å². The number of aliphatic hydroxyl groups excluding tert-OH is 1. The third-order valence-corrected chi connectivity index (χ3v) is 2.63. The Kier molecular flexibility index (Phi) is 6.41. The molecule has 0 heterocycles. The monoisotopic (exact) mass is 234 g/mol. The third-order valence-electron chi connectivity index (χ3n) is 2.63. The summed E-state index contributed by atoms with van der Waals surface area (Å²) in [7, 11) is 0. The molecule has 94 valence electrons. The summed E-state index contributed by atoms with van der Waals surface area (Å²) in [4.78, 5) is 0. The summed E-state index contributed by atoms with van der Waals surface area (Å²) in [5.74, 6) is 0.872. The standard InChI is InChI=1S/C15H22O2/c1-3-8-13(16)12-15(9-4-2)17-14-10-6-5-7-11-14/h3,5-7,10-11,13,15-16H,1,4,8-9,12H2,2H3/t13-,15?/m0/s1. The van der Waals surface area contributed by atoms with E-state index in [0.29, 0.717) is 12.8 Å². The Hall–Kier alpha value is -1.28. The molecule has 1 rings (SSSR count). The minimum atomic E-state index is -0.354. The van der Waals surface area contributed by atoms with Gasteiger partial charge in [0.1, 0.15) is 11.9 Å². The number of benzene rings is 1. The zero-order chi connectivity index (χ0) is 12.5. The Morgan fingerprint density at radius 2 is 2.06 bits per heavy atom. The second-order valence-electron chi connectivity index (χ2n) is 4.26. The highest BCUT2D eigenvalue weighted by molar-refractivity contribution is 5.21. The molecule has 0 bridgehead atoms. The zero-order valence-electron chi connectivity index (χ0n) is 10.5. The van der Waals surface area contributed by atoms with Gasteiger partial charge in [-0.3, -0.25) is 0 Å². The number of hydrogen-bond acceptors (Lipinski definition) is 2. The average Bonchev–Trinajstić information content (AvgIpc) is 2.31. The van der Waals surface area contributed by atoms with Crippen LogP contribution in [0.1, 0.15) is 32.6 Å². The van der Waals surface area contributed by atoms with Crippen LogP contribution in [0.15, 0.2) is 43.0 Å². The van der Waals surface area contributed by atoms with Gasteiger partial charge in [0.25, 0.3) is 0 Å². The van der Waals surface area contributed by atoms with Crippen molar-refractivity contribution in [3.63, 3.8) is 0 Å². The van der Waals surface area contributed by atoms with Crippen molar-refractivity contribution in [2.45, 2.75) is 44.8 Å². The van der Waals surface area contributed by atoms with E-state index in [1.54, 1.807) is 6.08 Å². The van der Waals surface area contributed by atoms with E-state index >= 15 is 0 Å². The first kappa shape index (κ1) is 13.8. The molecular weight excluding hydrogens is 212 g/mol. The van der Waals surface area contributed by atoms with Crippen molar-refractivity contribution in [2.75, 3.05) is 0 Å². The maximum absolute atomic E-state index is 9.77. The van der Waals surface area contributed by atoms with Crippen molar-refractivity contribution in [2.24, 2.45) is 0 Å².